The van der Waals surface area contributed by atoms with Crippen molar-refractivity contribution in [2.45, 2.75) is 19.0 Å². The molecule has 0 bridgehead atoms. The molecule has 0 spiro atoms. The number of nitrogens with zero attached hydrogens (tertiary/aromatic N) is 2. The molecule has 3 aromatic carbocycles. The van der Waals surface area contributed by atoms with E-state index in [1.807, 2.05) is 32.0 Å². The van der Waals surface area contributed by atoms with Gasteiger partial charge in [0.25, 0.3) is 11.5 Å². The Morgan fingerprint density at radius 3 is 2.54 bits per heavy atom. The van der Waals surface area contributed by atoms with E-state index in [9.17, 15) is 18.8 Å². The first-order valence-corrected chi connectivity index (χ1v) is 12.6. The van der Waals surface area contributed by atoms with Gasteiger partial charge in [0.2, 0.25) is 0 Å². The van der Waals surface area contributed by atoms with E-state index in [1.165, 1.54) is 28.8 Å². The fraction of sp³-hybridized carbons (Fsp3) is 0.214. The summed E-state index contributed by atoms with van der Waals surface area (Å²) in [4.78, 5) is 43.8. The van der Waals surface area contributed by atoms with Crippen molar-refractivity contribution in [3.05, 3.63) is 99.1 Å². The van der Waals surface area contributed by atoms with Crippen LogP contribution in [-0.2, 0) is 4.74 Å². The summed E-state index contributed by atoms with van der Waals surface area (Å²) in [5.74, 6) is -0.810. The minimum atomic E-state index is -0.436. The minimum Gasteiger partial charge on any atom is -0.383 e. The lowest BCUT2D eigenvalue weighted by molar-refractivity contribution is 0.0936. The number of aryl methyl sites for hydroxylation is 2. The molecule has 4 rings (SSSR count). The number of rotatable bonds is 9. The van der Waals surface area contributed by atoms with Gasteiger partial charge in [0.15, 0.2) is 10.9 Å². The third-order valence-corrected chi connectivity index (χ3v) is 6.74. The Hall–Kier alpha value is -3.82. The smallest absolute Gasteiger partial charge is 0.266 e. The highest BCUT2D eigenvalue weighted by atomic mass is 32.2. The molecule has 0 atom stereocenters. The van der Waals surface area contributed by atoms with Crippen molar-refractivity contribution in [1.29, 1.82) is 0 Å². The summed E-state index contributed by atoms with van der Waals surface area (Å²) >= 11 is 1.12. The zero-order valence-corrected chi connectivity index (χ0v) is 21.5. The SMILES string of the molecule is COCCNC(=O)c1ccc2c(=O)n(-c3ccc(F)cc3)c(SCC(=O)c3cc(C)ccc3C)nc2c1. The number of carbonyl (C=O) groups is 2. The Morgan fingerprint density at radius 2 is 1.81 bits per heavy atom. The predicted molar refractivity (Wildman–Crippen MR) is 142 cm³/mol. The van der Waals surface area contributed by atoms with Crippen molar-refractivity contribution in [3.63, 3.8) is 0 Å². The van der Waals surface area contributed by atoms with E-state index in [0.29, 0.717) is 40.9 Å². The maximum absolute atomic E-state index is 13.6. The number of Topliss-reactive ketones (excluding diaryl/α,β-unsaturated/α-hetero) is 1. The molecule has 0 radical (unpaired) electrons. The van der Waals surface area contributed by atoms with Crippen molar-refractivity contribution in [3.8, 4) is 5.69 Å². The number of ketones is 1. The number of aromatic nitrogens is 2. The van der Waals surface area contributed by atoms with Gasteiger partial charge in [-0.25, -0.2) is 9.37 Å². The number of nitrogens with one attached hydrogen (secondary N) is 1. The largest absolute Gasteiger partial charge is 0.383 e. The third kappa shape index (κ3) is 5.95. The Bertz CT molecular complexity index is 1530. The number of methoxy groups -OCH3 is 1. The van der Waals surface area contributed by atoms with E-state index < -0.39 is 5.82 Å². The van der Waals surface area contributed by atoms with Gasteiger partial charge in [-0.2, -0.15) is 0 Å². The second-order valence-electron chi connectivity index (χ2n) is 8.52. The Labute approximate surface area is 217 Å². The van der Waals surface area contributed by atoms with Crippen molar-refractivity contribution >= 4 is 34.4 Å². The second-order valence-corrected chi connectivity index (χ2v) is 9.46. The number of hydrogen-bond donors (Lipinski definition) is 1. The van der Waals surface area contributed by atoms with Crippen molar-refractivity contribution < 1.29 is 18.7 Å². The molecule has 0 saturated carbocycles. The lowest BCUT2D eigenvalue weighted by Crippen LogP contribution is -2.27. The lowest BCUT2D eigenvalue weighted by atomic mass is 10.0. The Balaban J connectivity index is 1.75. The van der Waals surface area contributed by atoms with Crippen molar-refractivity contribution in [2.24, 2.45) is 0 Å². The summed E-state index contributed by atoms with van der Waals surface area (Å²) in [5.41, 5.74) is 3.15. The molecule has 1 amide bonds. The van der Waals surface area contributed by atoms with Gasteiger partial charge in [-0.1, -0.05) is 29.5 Å². The Morgan fingerprint density at radius 1 is 1.05 bits per heavy atom. The minimum absolute atomic E-state index is 0.0423. The fourth-order valence-electron chi connectivity index (χ4n) is 3.83. The molecule has 4 aromatic rings. The number of ether oxygens (including phenoxy) is 1. The number of fused-ring (bicyclic) bond motifs is 1. The lowest BCUT2D eigenvalue weighted by Gasteiger charge is -2.14. The first-order valence-electron chi connectivity index (χ1n) is 11.6. The van der Waals surface area contributed by atoms with Gasteiger partial charge in [-0.15, -0.1) is 0 Å². The average molecular weight is 520 g/mol. The van der Waals surface area contributed by atoms with Crippen LogP contribution in [0, 0.1) is 19.7 Å². The summed E-state index contributed by atoms with van der Waals surface area (Å²) in [6.07, 6.45) is 0. The van der Waals surface area contributed by atoms with Gasteiger partial charge in [-0.05, 0) is 67.9 Å². The number of benzene rings is 3. The van der Waals surface area contributed by atoms with Crippen molar-refractivity contribution in [2.75, 3.05) is 26.0 Å². The first-order chi connectivity index (χ1) is 17.8. The van der Waals surface area contributed by atoms with E-state index >= 15 is 0 Å². The van der Waals surface area contributed by atoms with Crippen LogP contribution in [0.3, 0.4) is 0 Å². The zero-order chi connectivity index (χ0) is 26.5. The summed E-state index contributed by atoms with van der Waals surface area (Å²) < 4.78 is 19.9. The maximum Gasteiger partial charge on any atom is 0.266 e. The standard InChI is InChI=1S/C28H26FN3O4S/c1-17-4-5-18(2)23(14-17)25(33)16-37-28-31-24-15-19(26(34)30-12-13-36-3)6-11-22(24)27(35)32(28)21-9-7-20(29)8-10-21/h4-11,14-15H,12-13,16H2,1-3H3,(H,30,34). The van der Waals surface area contributed by atoms with E-state index in [2.05, 4.69) is 10.3 Å². The summed E-state index contributed by atoms with van der Waals surface area (Å²) in [6.45, 7) is 4.51. The highest BCUT2D eigenvalue weighted by Gasteiger charge is 2.18. The number of hydrogen-bond acceptors (Lipinski definition) is 6. The molecule has 190 valence electrons. The van der Waals surface area contributed by atoms with Gasteiger partial charge in [0, 0.05) is 24.8 Å². The van der Waals surface area contributed by atoms with Crippen LogP contribution in [0.1, 0.15) is 31.8 Å². The van der Waals surface area contributed by atoms with Gasteiger partial charge >= 0.3 is 0 Å². The molecule has 0 aliphatic heterocycles. The molecule has 0 aliphatic carbocycles. The van der Waals surface area contributed by atoms with Crippen LogP contribution in [0.25, 0.3) is 16.6 Å². The molecule has 7 nitrogen and oxygen atoms in total. The van der Waals surface area contributed by atoms with E-state index in [-0.39, 0.29) is 28.2 Å². The molecular weight excluding hydrogens is 493 g/mol. The van der Waals surface area contributed by atoms with Gasteiger partial charge < -0.3 is 10.1 Å². The summed E-state index contributed by atoms with van der Waals surface area (Å²) in [6, 6.07) is 15.8. The quantitative estimate of drug-likeness (QED) is 0.152. The van der Waals surface area contributed by atoms with Gasteiger partial charge in [0.05, 0.1) is 29.0 Å². The highest BCUT2D eigenvalue weighted by Crippen LogP contribution is 2.24. The predicted octanol–water partition coefficient (Wildman–Crippen LogP) is 4.49. The molecule has 1 N–H and O–H groups in total. The molecule has 37 heavy (non-hydrogen) atoms. The maximum atomic E-state index is 13.6. The van der Waals surface area contributed by atoms with Gasteiger partial charge in [-0.3, -0.25) is 19.0 Å². The zero-order valence-electron chi connectivity index (χ0n) is 20.7. The van der Waals surface area contributed by atoms with Crippen molar-refractivity contribution in [1.82, 2.24) is 14.9 Å². The van der Waals surface area contributed by atoms with Crippen LogP contribution < -0.4 is 10.9 Å². The van der Waals surface area contributed by atoms with Crippen LogP contribution in [0.2, 0.25) is 0 Å². The summed E-state index contributed by atoms with van der Waals surface area (Å²) in [5, 5.41) is 3.30. The van der Waals surface area contributed by atoms with E-state index in [4.69, 9.17) is 4.74 Å². The van der Waals surface area contributed by atoms with Crippen LogP contribution in [-0.4, -0.2) is 47.3 Å². The van der Waals surface area contributed by atoms with E-state index in [1.54, 1.807) is 25.3 Å². The topological polar surface area (TPSA) is 90.3 Å². The summed E-state index contributed by atoms with van der Waals surface area (Å²) in [7, 11) is 1.54. The van der Waals surface area contributed by atoms with Crippen LogP contribution >= 0.6 is 11.8 Å². The molecule has 0 aliphatic rings. The number of halogens is 1. The van der Waals surface area contributed by atoms with Crippen LogP contribution in [0.5, 0.6) is 0 Å². The molecule has 0 saturated heterocycles. The second kappa shape index (κ2) is 11.5. The molecular formula is C28H26FN3O4S. The average Bonchev–Trinajstić information content (AvgIpc) is 2.89. The third-order valence-electron chi connectivity index (χ3n) is 5.80. The normalized spacial score (nSPS) is 11.0. The Kier molecular flexibility index (Phi) is 8.15. The first kappa shape index (κ1) is 26.2. The molecule has 1 heterocycles. The molecule has 9 heteroatoms. The highest BCUT2D eigenvalue weighted by molar-refractivity contribution is 7.99. The van der Waals surface area contributed by atoms with Gasteiger partial charge in [0.1, 0.15) is 5.82 Å². The number of thioether (sulfide) groups is 1. The molecule has 0 fully saturated rings. The molecule has 1 aromatic heterocycles. The van der Waals surface area contributed by atoms with Crippen LogP contribution in [0.4, 0.5) is 4.39 Å². The number of amides is 1. The number of carbonyl (C=O) groups excluding carboxylic acids is 2. The van der Waals surface area contributed by atoms with E-state index in [0.717, 1.165) is 22.9 Å². The fourth-order valence-corrected chi connectivity index (χ4v) is 4.73. The molecule has 0 unspecified atom stereocenters. The van der Waals surface area contributed by atoms with Crippen LogP contribution in [0.15, 0.2) is 70.6 Å². The monoisotopic (exact) mass is 519 g/mol.